The van der Waals surface area contributed by atoms with Crippen LogP contribution in [0.4, 0.5) is 0 Å². The molecule has 1 aliphatic rings. The van der Waals surface area contributed by atoms with E-state index >= 15 is 0 Å². The maximum atomic E-state index is 12.1. The third-order valence-electron chi connectivity index (χ3n) is 4.36. The molecule has 1 fully saturated rings. The van der Waals surface area contributed by atoms with Crippen LogP contribution in [0.1, 0.15) is 29.9 Å². The Morgan fingerprint density at radius 1 is 1.12 bits per heavy atom. The number of carbonyl (C=O) groups excluding carboxylic acids is 1. The molecule has 0 saturated carbocycles. The lowest BCUT2D eigenvalue weighted by Crippen LogP contribution is -2.28. The van der Waals surface area contributed by atoms with Crippen molar-refractivity contribution in [3.8, 4) is 5.75 Å². The second-order valence-electron chi connectivity index (χ2n) is 6.24. The first-order valence-corrected chi connectivity index (χ1v) is 8.78. The molecule has 0 unspecified atom stereocenters. The van der Waals surface area contributed by atoms with E-state index in [-0.39, 0.29) is 12.4 Å². The highest BCUT2D eigenvalue weighted by atomic mass is 35.5. The van der Waals surface area contributed by atoms with E-state index < -0.39 is 0 Å². The monoisotopic (exact) mass is 343 g/mol. The topological polar surface area (TPSA) is 38.3 Å². The van der Waals surface area contributed by atoms with Crippen molar-refractivity contribution in [3.05, 3.63) is 64.7 Å². The van der Waals surface area contributed by atoms with Crippen LogP contribution in [0.5, 0.6) is 5.75 Å². The summed E-state index contributed by atoms with van der Waals surface area (Å²) < 4.78 is 5.50. The van der Waals surface area contributed by atoms with E-state index in [9.17, 15) is 4.79 Å². The zero-order valence-corrected chi connectivity index (χ0v) is 14.4. The lowest BCUT2D eigenvalue weighted by molar-refractivity contribution is -0.120. The van der Waals surface area contributed by atoms with Crippen molar-refractivity contribution < 1.29 is 9.53 Å². The molecule has 1 N–H and O–H groups in total. The van der Waals surface area contributed by atoms with Gasteiger partial charge >= 0.3 is 0 Å². The number of nitrogens with one attached hydrogen (secondary N) is 1. The summed E-state index contributed by atoms with van der Waals surface area (Å²) in [6, 6.07) is 15.5. The highest BCUT2D eigenvalue weighted by molar-refractivity contribution is 6.30. The Labute approximate surface area is 148 Å². The smallest absolute Gasteiger partial charge is 0.174 e. The summed E-state index contributed by atoms with van der Waals surface area (Å²) in [5.41, 5.74) is 2.39. The van der Waals surface area contributed by atoms with E-state index in [0.29, 0.717) is 23.1 Å². The predicted octanol–water partition coefficient (Wildman–Crippen LogP) is 4.00. The lowest BCUT2D eigenvalue weighted by atomic mass is 9.91. The molecule has 1 saturated heterocycles. The SMILES string of the molecule is O=C(COc1ccc(Cl)cc1)Cc1ccc([C@@H]2CCCNC2)cc1. The minimum absolute atomic E-state index is 0.0667. The molecular formula is C20H22ClNO2. The summed E-state index contributed by atoms with van der Waals surface area (Å²) in [5, 5.41) is 4.09. The van der Waals surface area contributed by atoms with E-state index in [1.54, 1.807) is 24.3 Å². The molecule has 1 atom stereocenters. The Morgan fingerprint density at radius 3 is 2.54 bits per heavy atom. The van der Waals surface area contributed by atoms with Crippen molar-refractivity contribution in [2.75, 3.05) is 19.7 Å². The Balaban J connectivity index is 1.49. The number of ether oxygens (including phenoxy) is 1. The fourth-order valence-electron chi connectivity index (χ4n) is 3.02. The predicted molar refractivity (Wildman–Crippen MR) is 96.9 cm³/mol. The third-order valence-corrected chi connectivity index (χ3v) is 4.61. The molecular weight excluding hydrogens is 322 g/mol. The minimum atomic E-state index is 0.0667. The first kappa shape index (κ1) is 17.0. The van der Waals surface area contributed by atoms with Crippen LogP contribution in [-0.2, 0) is 11.2 Å². The normalized spacial score (nSPS) is 17.5. The second-order valence-corrected chi connectivity index (χ2v) is 6.68. The molecule has 3 rings (SSSR count). The molecule has 0 radical (unpaired) electrons. The van der Waals surface area contributed by atoms with Gasteiger partial charge in [0, 0.05) is 18.0 Å². The first-order chi connectivity index (χ1) is 11.7. The van der Waals surface area contributed by atoms with Crippen LogP contribution >= 0.6 is 11.6 Å². The first-order valence-electron chi connectivity index (χ1n) is 8.40. The number of piperidine rings is 1. The highest BCUT2D eigenvalue weighted by Crippen LogP contribution is 2.23. The van der Waals surface area contributed by atoms with Crippen LogP contribution in [-0.4, -0.2) is 25.5 Å². The van der Waals surface area contributed by atoms with Crippen LogP contribution in [0, 0.1) is 0 Å². The van der Waals surface area contributed by atoms with Crippen molar-refractivity contribution in [1.29, 1.82) is 0 Å². The van der Waals surface area contributed by atoms with Crippen molar-refractivity contribution in [2.24, 2.45) is 0 Å². The zero-order valence-electron chi connectivity index (χ0n) is 13.6. The van der Waals surface area contributed by atoms with Gasteiger partial charge in [-0.15, -0.1) is 0 Å². The molecule has 2 aromatic rings. The number of hydrogen-bond donors (Lipinski definition) is 1. The zero-order chi connectivity index (χ0) is 16.8. The molecule has 0 bridgehead atoms. The summed E-state index contributed by atoms with van der Waals surface area (Å²) >= 11 is 5.82. The second kappa shape index (κ2) is 8.32. The van der Waals surface area contributed by atoms with Crippen LogP contribution in [0.3, 0.4) is 0 Å². The molecule has 3 nitrogen and oxygen atoms in total. The summed E-state index contributed by atoms with van der Waals surface area (Å²) in [5.74, 6) is 1.32. The van der Waals surface area contributed by atoms with E-state index in [1.165, 1.54) is 18.4 Å². The largest absolute Gasteiger partial charge is 0.486 e. The fourth-order valence-corrected chi connectivity index (χ4v) is 3.14. The van der Waals surface area contributed by atoms with Crippen molar-refractivity contribution >= 4 is 17.4 Å². The molecule has 0 aliphatic carbocycles. The maximum Gasteiger partial charge on any atom is 0.174 e. The van der Waals surface area contributed by atoms with Crippen molar-refractivity contribution in [2.45, 2.75) is 25.2 Å². The molecule has 2 aromatic carbocycles. The van der Waals surface area contributed by atoms with E-state index in [1.807, 2.05) is 0 Å². The fraction of sp³-hybridized carbons (Fsp3) is 0.350. The number of hydrogen-bond acceptors (Lipinski definition) is 3. The standard InChI is InChI=1S/C20H22ClNO2/c21-18-7-9-20(10-8-18)24-14-19(23)12-15-3-5-16(6-4-15)17-2-1-11-22-13-17/h3-10,17,22H,1-2,11-14H2/t17-/m1/s1. The summed E-state index contributed by atoms with van der Waals surface area (Å²) in [6.07, 6.45) is 2.87. The van der Waals surface area contributed by atoms with E-state index in [4.69, 9.17) is 16.3 Å². The van der Waals surface area contributed by atoms with Gasteiger partial charge in [0.25, 0.3) is 0 Å². The quantitative estimate of drug-likeness (QED) is 0.861. The maximum absolute atomic E-state index is 12.1. The van der Waals surface area contributed by atoms with Gasteiger partial charge in [-0.1, -0.05) is 35.9 Å². The van der Waals surface area contributed by atoms with E-state index in [2.05, 4.69) is 29.6 Å². The highest BCUT2D eigenvalue weighted by Gasteiger charge is 2.15. The van der Waals surface area contributed by atoms with Crippen LogP contribution in [0.15, 0.2) is 48.5 Å². The van der Waals surface area contributed by atoms with Gasteiger partial charge in [-0.25, -0.2) is 0 Å². The number of halogens is 1. The van der Waals surface area contributed by atoms with Crippen LogP contribution < -0.4 is 10.1 Å². The van der Waals surface area contributed by atoms with Gasteiger partial charge in [0.15, 0.2) is 5.78 Å². The number of carbonyl (C=O) groups is 1. The average Bonchev–Trinajstić information content (AvgIpc) is 2.63. The Bertz CT molecular complexity index is 661. The van der Waals surface area contributed by atoms with Gasteiger partial charge in [0.1, 0.15) is 12.4 Å². The van der Waals surface area contributed by atoms with Gasteiger partial charge in [-0.3, -0.25) is 4.79 Å². The van der Waals surface area contributed by atoms with Gasteiger partial charge < -0.3 is 10.1 Å². The Hall–Kier alpha value is -1.84. The summed E-state index contributed by atoms with van der Waals surface area (Å²) in [7, 11) is 0. The van der Waals surface area contributed by atoms with Crippen LogP contribution in [0.25, 0.3) is 0 Å². The van der Waals surface area contributed by atoms with Crippen LogP contribution in [0.2, 0.25) is 5.02 Å². The molecule has 1 aliphatic heterocycles. The molecule has 0 aromatic heterocycles. The van der Waals surface area contributed by atoms with Gasteiger partial charge in [-0.05, 0) is 60.7 Å². The third kappa shape index (κ3) is 4.83. The Morgan fingerprint density at radius 2 is 1.88 bits per heavy atom. The average molecular weight is 344 g/mol. The lowest BCUT2D eigenvalue weighted by Gasteiger charge is -2.23. The van der Waals surface area contributed by atoms with Gasteiger partial charge in [-0.2, -0.15) is 0 Å². The Kier molecular flexibility index (Phi) is 5.89. The van der Waals surface area contributed by atoms with Crippen molar-refractivity contribution in [1.82, 2.24) is 5.32 Å². The summed E-state index contributed by atoms with van der Waals surface area (Å²) in [4.78, 5) is 12.1. The van der Waals surface area contributed by atoms with Gasteiger partial charge in [0.2, 0.25) is 0 Å². The molecule has 0 spiro atoms. The summed E-state index contributed by atoms with van der Waals surface area (Å²) in [6.45, 7) is 2.25. The molecule has 1 heterocycles. The molecule has 24 heavy (non-hydrogen) atoms. The van der Waals surface area contributed by atoms with E-state index in [0.717, 1.165) is 18.7 Å². The molecule has 4 heteroatoms. The minimum Gasteiger partial charge on any atom is -0.486 e. The number of ketones is 1. The number of rotatable bonds is 6. The van der Waals surface area contributed by atoms with Crippen molar-refractivity contribution in [3.63, 3.8) is 0 Å². The molecule has 0 amide bonds. The van der Waals surface area contributed by atoms with Gasteiger partial charge in [0.05, 0.1) is 0 Å². The number of benzene rings is 2. The molecule has 126 valence electrons. The number of Topliss-reactive ketones (excluding diaryl/α,β-unsaturated/α-hetero) is 1.